The van der Waals surface area contributed by atoms with E-state index in [1.54, 1.807) is 19.1 Å². The van der Waals surface area contributed by atoms with Crippen LogP contribution < -0.4 is 0 Å². The van der Waals surface area contributed by atoms with Crippen molar-refractivity contribution >= 4 is 11.9 Å². The van der Waals surface area contributed by atoms with E-state index < -0.39 is 11.8 Å². The van der Waals surface area contributed by atoms with Crippen molar-refractivity contribution in [3.8, 4) is 0 Å². The van der Waals surface area contributed by atoms with Gasteiger partial charge >= 0.3 is 5.97 Å². The topological polar surface area (TPSA) is 57.6 Å². The van der Waals surface area contributed by atoms with E-state index in [1.807, 2.05) is 0 Å². The quantitative estimate of drug-likeness (QED) is 0.911. The van der Waals surface area contributed by atoms with E-state index in [-0.39, 0.29) is 23.9 Å². The van der Waals surface area contributed by atoms with Crippen LogP contribution in [0.15, 0.2) is 18.2 Å². The van der Waals surface area contributed by atoms with Crippen LogP contribution in [-0.2, 0) is 4.79 Å². The number of carbonyl (C=O) groups excluding carboxylic acids is 1. The number of likely N-dealkylation sites (tertiary alicyclic amines) is 1. The second-order valence-electron chi connectivity index (χ2n) is 4.86. The molecule has 102 valence electrons. The minimum atomic E-state index is -0.917. The van der Waals surface area contributed by atoms with E-state index >= 15 is 0 Å². The number of carboxylic acids is 1. The Morgan fingerprint density at radius 3 is 2.84 bits per heavy atom. The van der Waals surface area contributed by atoms with Gasteiger partial charge in [0.1, 0.15) is 5.82 Å². The molecular weight excluding hydrogens is 249 g/mol. The summed E-state index contributed by atoms with van der Waals surface area (Å²) in [5, 5.41) is 8.83. The van der Waals surface area contributed by atoms with Crippen LogP contribution in [0, 0.1) is 12.7 Å². The Balaban J connectivity index is 2.18. The van der Waals surface area contributed by atoms with Crippen LogP contribution in [0.5, 0.6) is 0 Å². The third kappa shape index (κ3) is 2.92. The molecule has 2 rings (SSSR count). The van der Waals surface area contributed by atoms with Crippen molar-refractivity contribution in [3.05, 3.63) is 35.1 Å². The van der Waals surface area contributed by atoms with Crippen LogP contribution in [-0.4, -0.2) is 34.5 Å². The third-order valence-electron chi connectivity index (χ3n) is 3.47. The Labute approximate surface area is 110 Å². The maximum Gasteiger partial charge on any atom is 0.305 e. The van der Waals surface area contributed by atoms with Gasteiger partial charge in [-0.05, 0) is 37.5 Å². The molecule has 0 spiro atoms. The molecule has 1 aromatic rings. The molecule has 1 fully saturated rings. The lowest BCUT2D eigenvalue weighted by molar-refractivity contribution is -0.137. The summed E-state index contributed by atoms with van der Waals surface area (Å²) in [6.07, 6.45) is 1.42. The van der Waals surface area contributed by atoms with Crippen LogP contribution in [0.2, 0.25) is 0 Å². The third-order valence-corrected chi connectivity index (χ3v) is 3.47. The van der Waals surface area contributed by atoms with E-state index in [1.165, 1.54) is 11.0 Å². The van der Waals surface area contributed by atoms with Crippen molar-refractivity contribution in [2.75, 3.05) is 6.54 Å². The normalized spacial score (nSPS) is 18.6. The number of carbonyl (C=O) groups is 2. The summed E-state index contributed by atoms with van der Waals surface area (Å²) in [6, 6.07) is 4.07. The standard InChI is InChI=1S/C14H16FNO3/c1-9-4-5-10(7-12(9)15)14(19)16-6-2-3-11(16)8-13(17)18/h4-5,7,11H,2-3,6,8H2,1H3,(H,17,18). The second kappa shape index (κ2) is 5.38. The first-order valence-electron chi connectivity index (χ1n) is 6.28. The van der Waals surface area contributed by atoms with Gasteiger partial charge in [-0.2, -0.15) is 0 Å². The molecule has 0 saturated carbocycles. The molecule has 0 aromatic heterocycles. The van der Waals surface area contributed by atoms with Crippen LogP contribution >= 0.6 is 0 Å². The number of nitrogens with zero attached hydrogens (tertiary/aromatic N) is 1. The van der Waals surface area contributed by atoms with E-state index in [2.05, 4.69) is 0 Å². The monoisotopic (exact) mass is 265 g/mol. The summed E-state index contributed by atoms with van der Waals surface area (Å²) in [5.74, 6) is -1.62. The summed E-state index contributed by atoms with van der Waals surface area (Å²) in [6.45, 7) is 2.17. The van der Waals surface area contributed by atoms with Crippen LogP contribution in [0.1, 0.15) is 35.2 Å². The molecule has 1 aliphatic rings. The second-order valence-corrected chi connectivity index (χ2v) is 4.86. The van der Waals surface area contributed by atoms with Crippen LogP contribution in [0.4, 0.5) is 4.39 Å². The highest BCUT2D eigenvalue weighted by Crippen LogP contribution is 2.23. The molecule has 1 saturated heterocycles. The van der Waals surface area contributed by atoms with Gasteiger partial charge in [0.05, 0.1) is 6.42 Å². The first kappa shape index (κ1) is 13.5. The summed E-state index contributed by atoms with van der Waals surface area (Å²) in [5.41, 5.74) is 0.764. The van der Waals surface area contributed by atoms with Gasteiger partial charge in [-0.25, -0.2) is 4.39 Å². The lowest BCUT2D eigenvalue weighted by atomic mass is 10.1. The fourth-order valence-electron chi connectivity index (χ4n) is 2.41. The maximum absolute atomic E-state index is 13.5. The lowest BCUT2D eigenvalue weighted by Crippen LogP contribution is -2.36. The molecule has 1 atom stereocenters. The van der Waals surface area contributed by atoms with Gasteiger partial charge < -0.3 is 10.0 Å². The Morgan fingerprint density at radius 1 is 1.47 bits per heavy atom. The van der Waals surface area contributed by atoms with E-state index in [0.717, 1.165) is 6.42 Å². The van der Waals surface area contributed by atoms with E-state index in [0.29, 0.717) is 18.5 Å². The van der Waals surface area contributed by atoms with Gasteiger partial charge in [-0.15, -0.1) is 0 Å². The summed E-state index contributed by atoms with van der Waals surface area (Å²) in [7, 11) is 0. The highest BCUT2D eigenvalue weighted by atomic mass is 19.1. The molecule has 19 heavy (non-hydrogen) atoms. The van der Waals surface area contributed by atoms with Gasteiger partial charge in [0.2, 0.25) is 0 Å². The molecule has 1 heterocycles. The Hall–Kier alpha value is -1.91. The molecule has 0 aliphatic carbocycles. The molecule has 0 bridgehead atoms. The van der Waals surface area contributed by atoms with Crippen LogP contribution in [0.3, 0.4) is 0 Å². The summed E-state index contributed by atoms with van der Waals surface area (Å²) < 4.78 is 13.5. The average molecular weight is 265 g/mol. The number of rotatable bonds is 3. The molecule has 1 aromatic carbocycles. The van der Waals surface area contributed by atoms with Crippen molar-refractivity contribution < 1.29 is 19.1 Å². The fourth-order valence-corrected chi connectivity index (χ4v) is 2.41. The van der Waals surface area contributed by atoms with Crippen molar-refractivity contribution in [1.82, 2.24) is 4.90 Å². The zero-order valence-electron chi connectivity index (χ0n) is 10.7. The number of benzene rings is 1. The van der Waals surface area contributed by atoms with Crippen LogP contribution in [0.25, 0.3) is 0 Å². The van der Waals surface area contributed by atoms with Gasteiger partial charge in [-0.3, -0.25) is 9.59 Å². The molecule has 5 heteroatoms. The minimum Gasteiger partial charge on any atom is -0.481 e. The zero-order valence-corrected chi connectivity index (χ0v) is 10.7. The predicted octanol–water partition coefficient (Wildman–Crippen LogP) is 2.21. The Morgan fingerprint density at radius 2 is 2.21 bits per heavy atom. The molecule has 4 nitrogen and oxygen atoms in total. The molecule has 1 aliphatic heterocycles. The molecule has 0 radical (unpaired) electrons. The highest BCUT2D eigenvalue weighted by molar-refractivity contribution is 5.95. The Kier molecular flexibility index (Phi) is 3.83. The summed E-state index contributed by atoms with van der Waals surface area (Å²) >= 11 is 0. The van der Waals surface area contributed by atoms with Crippen molar-refractivity contribution in [2.24, 2.45) is 0 Å². The van der Waals surface area contributed by atoms with Crippen molar-refractivity contribution in [3.63, 3.8) is 0 Å². The molecule has 1 amide bonds. The van der Waals surface area contributed by atoms with Crippen molar-refractivity contribution in [1.29, 1.82) is 0 Å². The van der Waals surface area contributed by atoms with E-state index in [9.17, 15) is 14.0 Å². The first-order valence-corrected chi connectivity index (χ1v) is 6.28. The van der Waals surface area contributed by atoms with E-state index in [4.69, 9.17) is 5.11 Å². The minimum absolute atomic E-state index is 0.0555. The average Bonchev–Trinajstić information content (AvgIpc) is 2.79. The van der Waals surface area contributed by atoms with Gasteiger partial charge in [0.15, 0.2) is 0 Å². The SMILES string of the molecule is Cc1ccc(C(=O)N2CCCC2CC(=O)O)cc1F. The number of carboxylic acid groups (broad SMARTS) is 1. The molecular formula is C14H16FNO3. The molecule has 1 unspecified atom stereocenters. The molecule has 1 N–H and O–H groups in total. The van der Waals surface area contributed by atoms with Gasteiger partial charge in [-0.1, -0.05) is 6.07 Å². The van der Waals surface area contributed by atoms with Crippen molar-refractivity contribution in [2.45, 2.75) is 32.2 Å². The summed E-state index contributed by atoms with van der Waals surface area (Å²) in [4.78, 5) is 24.6. The number of amides is 1. The smallest absolute Gasteiger partial charge is 0.305 e. The first-order chi connectivity index (χ1) is 8.99. The lowest BCUT2D eigenvalue weighted by Gasteiger charge is -2.23. The predicted molar refractivity (Wildman–Crippen MR) is 67.4 cm³/mol. The van der Waals surface area contributed by atoms with Gasteiger partial charge in [0, 0.05) is 18.2 Å². The maximum atomic E-state index is 13.5. The zero-order chi connectivity index (χ0) is 14.0. The number of aliphatic carboxylic acids is 1. The number of hydrogen-bond acceptors (Lipinski definition) is 2. The Bertz CT molecular complexity index is 515. The number of aryl methyl sites for hydroxylation is 1. The number of halogens is 1. The fraction of sp³-hybridized carbons (Fsp3) is 0.429. The highest BCUT2D eigenvalue weighted by Gasteiger charge is 2.31. The largest absolute Gasteiger partial charge is 0.481 e. The van der Waals surface area contributed by atoms with Gasteiger partial charge in [0.25, 0.3) is 5.91 Å². The number of hydrogen-bond donors (Lipinski definition) is 1.